The number of rotatable bonds is 8. The standard InChI is InChI=1S/C34H38F4N4O6/c1-18-13-21(42-10-12-47-17-28(42)34(36,37)38)15-25(35)29(18)31(43)39-26(33(45)46)14-20-8-9-23(30-22(20)7-6-11-48-30)24-16-27(40(3)4)19(2)41(5)32(24)44/h8-9,13,15-16,26,28H,6-7,10-12,14,17H2,1-5H3,(H,39,43)(H,45,46)/t26-,28+/m0/s1. The lowest BCUT2D eigenvalue weighted by Gasteiger charge is -2.38. The maximum Gasteiger partial charge on any atom is 0.411 e. The number of aliphatic carboxylic acids is 1. The second-order valence-corrected chi connectivity index (χ2v) is 12.3. The topological polar surface area (TPSA) is 113 Å². The number of aromatic nitrogens is 1. The number of carbonyl (C=O) groups excluding carboxylic acids is 1. The van der Waals surface area contributed by atoms with Gasteiger partial charge in [0.2, 0.25) is 0 Å². The van der Waals surface area contributed by atoms with Gasteiger partial charge in [-0.25, -0.2) is 9.18 Å². The van der Waals surface area contributed by atoms with Crippen LogP contribution in [0.4, 0.5) is 28.9 Å². The van der Waals surface area contributed by atoms with Gasteiger partial charge in [0.05, 0.1) is 36.6 Å². The number of ether oxygens (including phenoxy) is 2. The molecular formula is C34H38F4N4O6. The predicted molar refractivity (Wildman–Crippen MR) is 172 cm³/mol. The number of pyridine rings is 1. The molecule has 3 aromatic rings. The summed E-state index contributed by atoms with van der Waals surface area (Å²) in [6.07, 6.45) is -3.59. The van der Waals surface area contributed by atoms with E-state index >= 15 is 4.39 Å². The van der Waals surface area contributed by atoms with Crippen LogP contribution in [0.2, 0.25) is 0 Å². The summed E-state index contributed by atoms with van der Waals surface area (Å²) in [7, 11) is 5.44. The Hall–Kier alpha value is -4.59. The summed E-state index contributed by atoms with van der Waals surface area (Å²) >= 11 is 0. The van der Waals surface area contributed by atoms with Crippen molar-refractivity contribution in [1.82, 2.24) is 9.88 Å². The first-order valence-corrected chi connectivity index (χ1v) is 15.5. The van der Waals surface area contributed by atoms with E-state index in [0.29, 0.717) is 47.5 Å². The molecule has 0 saturated carbocycles. The van der Waals surface area contributed by atoms with Crippen molar-refractivity contribution in [3.05, 3.63) is 74.5 Å². The lowest BCUT2D eigenvalue weighted by molar-refractivity contribution is -0.167. The van der Waals surface area contributed by atoms with Gasteiger partial charge in [0.1, 0.15) is 23.7 Å². The van der Waals surface area contributed by atoms with Crippen molar-refractivity contribution in [3.63, 3.8) is 0 Å². The Kier molecular flexibility index (Phi) is 9.77. The number of fused-ring (bicyclic) bond motifs is 1. The van der Waals surface area contributed by atoms with Crippen LogP contribution in [-0.4, -0.2) is 80.3 Å². The van der Waals surface area contributed by atoms with Crippen molar-refractivity contribution in [3.8, 4) is 16.9 Å². The quantitative estimate of drug-likeness (QED) is 0.339. The number of aryl methyl sites for hydroxylation is 1. The average Bonchev–Trinajstić information content (AvgIpc) is 3.03. The molecule has 258 valence electrons. The highest BCUT2D eigenvalue weighted by molar-refractivity contribution is 5.98. The van der Waals surface area contributed by atoms with Gasteiger partial charge in [0.15, 0.2) is 0 Å². The van der Waals surface area contributed by atoms with Crippen LogP contribution in [0.3, 0.4) is 0 Å². The monoisotopic (exact) mass is 674 g/mol. The van der Waals surface area contributed by atoms with E-state index in [1.165, 1.54) is 13.0 Å². The van der Waals surface area contributed by atoms with Gasteiger partial charge in [-0.2, -0.15) is 13.2 Å². The summed E-state index contributed by atoms with van der Waals surface area (Å²) in [5.41, 5.74) is 3.22. The fourth-order valence-corrected chi connectivity index (χ4v) is 6.40. The van der Waals surface area contributed by atoms with Crippen molar-refractivity contribution in [2.24, 2.45) is 7.05 Å². The van der Waals surface area contributed by atoms with E-state index in [-0.39, 0.29) is 36.4 Å². The minimum Gasteiger partial charge on any atom is -0.493 e. The number of halogens is 4. The highest BCUT2D eigenvalue weighted by atomic mass is 19.4. The highest BCUT2D eigenvalue weighted by Gasteiger charge is 2.45. The molecule has 5 rings (SSSR count). The molecule has 14 heteroatoms. The molecule has 1 saturated heterocycles. The third-order valence-electron chi connectivity index (χ3n) is 9.00. The molecule has 2 aliphatic heterocycles. The first-order valence-electron chi connectivity index (χ1n) is 15.5. The van der Waals surface area contributed by atoms with Gasteiger partial charge >= 0.3 is 12.1 Å². The number of nitrogens with zero attached hydrogens (tertiary/aromatic N) is 3. The second kappa shape index (κ2) is 13.5. The van der Waals surface area contributed by atoms with Gasteiger partial charge in [-0.15, -0.1) is 0 Å². The number of carboxylic acid groups (broad SMARTS) is 1. The summed E-state index contributed by atoms with van der Waals surface area (Å²) in [5.74, 6) is -2.99. The van der Waals surface area contributed by atoms with E-state index in [9.17, 15) is 32.7 Å². The Morgan fingerprint density at radius 2 is 1.85 bits per heavy atom. The Labute approximate surface area is 274 Å². The van der Waals surface area contributed by atoms with Crippen molar-refractivity contribution < 1.29 is 41.7 Å². The van der Waals surface area contributed by atoms with Gasteiger partial charge in [0, 0.05) is 51.1 Å². The SMILES string of the molecule is Cc1cc(N2CCOC[C@@H]2C(F)(F)F)cc(F)c1C(=O)N[C@@H](Cc1ccc(-c2cc(N(C)C)c(C)n(C)c2=O)c2c1CCCO2)C(=O)O. The van der Waals surface area contributed by atoms with Gasteiger partial charge in [-0.3, -0.25) is 9.59 Å². The Morgan fingerprint density at radius 1 is 1.12 bits per heavy atom. The molecule has 0 unspecified atom stereocenters. The van der Waals surface area contributed by atoms with Crippen LogP contribution in [0.5, 0.6) is 5.75 Å². The van der Waals surface area contributed by atoms with E-state index in [2.05, 4.69) is 5.32 Å². The maximum absolute atomic E-state index is 15.4. The molecule has 2 aliphatic rings. The molecule has 1 fully saturated rings. The lowest BCUT2D eigenvalue weighted by atomic mass is 9.90. The largest absolute Gasteiger partial charge is 0.493 e. The summed E-state index contributed by atoms with van der Waals surface area (Å²) in [6.45, 7) is 2.91. The van der Waals surface area contributed by atoms with Crippen molar-refractivity contribution >= 4 is 23.3 Å². The minimum atomic E-state index is -4.62. The minimum absolute atomic E-state index is 0.0181. The Morgan fingerprint density at radius 3 is 2.50 bits per heavy atom. The van der Waals surface area contributed by atoms with Crippen LogP contribution < -0.4 is 25.4 Å². The van der Waals surface area contributed by atoms with Crippen LogP contribution >= 0.6 is 0 Å². The molecule has 1 aromatic heterocycles. The van der Waals surface area contributed by atoms with E-state index < -0.39 is 48.1 Å². The fraction of sp³-hybridized carbons (Fsp3) is 0.441. The van der Waals surface area contributed by atoms with Crippen molar-refractivity contribution in [2.45, 2.75) is 51.4 Å². The first-order chi connectivity index (χ1) is 22.6. The number of carbonyl (C=O) groups is 2. The third kappa shape index (κ3) is 6.71. The third-order valence-corrected chi connectivity index (χ3v) is 9.00. The predicted octanol–water partition coefficient (Wildman–Crippen LogP) is 4.39. The number of alkyl halides is 3. The van der Waals surface area contributed by atoms with E-state index in [1.807, 2.05) is 25.9 Å². The number of hydrogen-bond donors (Lipinski definition) is 2. The molecule has 2 N–H and O–H groups in total. The second-order valence-electron chi connectivity index (χ2n) is 12.3. The van der Waals surface area contributed by atoms with Crippen LogP contribution in [0, 0.1) is 19.7 Å². The molecule has 0 spiro atoms. The molecule has 2 aromatic carbocycles. The van der Waals surface area contributed by atoms with Crippen LogP contribution in [-0.2, 0) is 29.4 Å². The van der Waals surface area contributed by atoms with Gasteiger partial charge < -0.3 is 34.3 Å². The number of amides is 1. The van der Waals surface area contributed by atoms with Crippen LogP contribution in [0.15, 0.2) is 35.1 Å². The molecule has 1 amide bonds. The molecule has 0 bridgehead atoms. The van der Waals surface area contributed by atoms with E-state index in [4.69, 9.17) is 9.47 Å². The molecule has 0 aliphatic carbocycles. The number of benzene rings is 2. The van der Waals surface area contributed by atoms with Crippen LogP contribution in [0.1, 0.15) is 39.2 Å². The average molecular weight is 675 g/mol. The molecule has 48 heavy (non-hydrogen) atoms. The summed E-state index contributed by atoms with van der Waals surface area (Å²) in [6, 6.07) is 3.89. The summed E-state index contributed by atoms with van der Waals surface area (Å²) < 4.78 is 68.9. The smallest absolute Gasteiger partial charge is 0.411 e. The molecular weight excluding hydrogens is 636 g/mol. The van der Waals surface area contributed by atoms with E-state index in [1.54, 1.807) is 29.8 Å². The summed E-state index contributed by atoms with van der Waals surface area (Å²) in [4.78, 5) is 42.0. The van der Waals surface area contributed by atoms with Gasteiger partial charge in [-0.1, -0.05) is 12.1 Å². The zero-order valence-corrected chi connectivity index (χ0v) is 27.3. The number of carboxylic acids is 1. The lowest BCUT2D eigenvalue weighted by Crippen LogP contribution is -2.53. The number of hydrogen-bond acceptors (Lipinski definition) is 7. The molecule has 2 atom stereocenters. The molecule has 10 nitrogen and oxygen atoms in total. The molecule has 0 radical (unpaired) electrons. The number of anilines is 2. The zero-order valence-electron chi connectivity index (χ0n) is 27.3. The van der Waals surface area contributed by atoms with Crippen LogP contribution in [0.25, 0.3) is 11.1 Å². The molecule has 3 heterocycles. The van der Waals surface area contributed by atoms with Gasteiger partial charge in [-0.05, 0) is 61.6 Å². The number of nitrogens with one attached hydrogen (secondary N) is 1. The van der Waals surface area contributed by atoms with Gasteiger partial charge in [0.25, 0.3) is 11.5 Å². The van der Waals surface area contributed by atoms with Crippen molar-refractivity contribution in [2.75, 3.05) is 50.3 Å². The zero-order chi connectivity index (χ0) is 35.1. The Bertz CT molecular complexity index is 1780. The van der Waals surface area contributed by atoms with E-state index in [0.717, 1.165) is 22.3 Å². The number of morpholine rings is 1. The first kappa shape index (κ1) is 34.7. The summed E-state index contributed by atoms with van der Waals surface area (Å²) in [5, 5.41) is 12.5. The highest BCUT2D eigenvalue weighted by Crippen LogP contribution is 2.39. The fourth-order valence-electron chi connectivity index (χ4n) is 6.40. The van der Waals surface area contributed by atoms with Crippen molar-refractivity contribution in [1.29, 1.82) is 0 Å². The Balaban J connectivity index is 1.44. The maximum atomic E-state index is 15.4. The normalized spacial score (nSPS) is 16.9.